The SMILES string of the molecule is CC1C(OC2OCC(C)(O)CC2O)C(NC(=O)C2(O)CC2N)CC(N)C1C1OC(CNCCCN)C(O)C(O)C1O. The first-order chi connectivity index (χ1) is 19.2. The van der Waals surface area contributed by atoms with Gasteiger partial charge < -0.3 is 72.7 Å². The quantitative estimate of drug-likeness (QED) is 0.106. The van der Waals surface area contributed by atoms with Crippen molar-refractivity contribution in [2.24, 2.45) is 29.0 Å². The lowest BCUT2D eigenvalue weighted by molar-refractivity contribution is -0.290. The normalized spacial score (nSPS) is 50.4. The molecule has 2 aliphatic carbocycles. The molecule has 15 heteroatoms. The topological polar surface area (TPSA) is 268 Å². The smallest absolute Gasteiger partial charge is 0.253 e. The Kier molecular flexibility index (Phi) is 10.3. The maximum absolute atomic E-state index is 12.9. The van der Waals surface area contributed by atoms with Gasteiger partial charge in [0.05, 0.1) is 36.6 Å². The van der Waals surface area contributed by atoms with E-state index in [2.05, 4.69) is 10.6 Å². The van der Waals surface area contributed by atoms with Crippen molar-refractivity contribution < 1.29 is 49.6 Å². The number of hydrogen-bond acceptors (Lipinski definition) is 14. The van der Waals surface area contributed by atoms with Gasteiger partial charge in [0.2, 0.25) is 0 Å². The molecule has 4 fully saturated rings. The van der Waals surface area contributed by atoms with Gasteiger partial charge in [-0.3, -0.25) is 4.79 Å². The fraction of sp³-hybridized carbons (Fsp3) is 0.962. The van der Waals surface area contributed by atoms with Crippen LogP contribution in [0.5, 0.6) is 0 Å². The number of carbonyl (C=O) groups excluding carboxylic acids is 1. The zero-order valence-electron chi connectivity index (χ0n) is 23.7. The summed E-state index contributed by atoms with van der Waals surface area (Å²) in [5.41, 5.74) is 15.0. The minimum atomic E-state index is -1.69. The van der Waals surface area contributed by atoms with E-state index in [0.717, 1.165) is 0 Å². The van der Waals surface area contributed by atoms with Crippen LogP contribution in [0.3, 0.4) is 0 Å². The highest BCUT2D eigenvalue weighted by Gasteiger charge is 2.59. The largest absolute Gasteiger partial charge is 0.388 e. The van der Waals surface area contributed by atoms with Crippen molar-refractivity contribution in [3.63, 3.8) is 0 Å². The monoisotopic (exact) mass is 591 g/mol. The van der Waals surface area contributed by atoms with Crippen LogP contribution in [0.4, 0.5) is 0 Å². The Morgan fingerprint density at radius 1 is 1.10 bits per heavy atom. The van der Waals surface area contributed by atoms with Crippen molar-refractivity contribution in [3.05, 3.63) is 0 Å². The molecular weight excluding hydrogens is 542 g/mol. The summed E-state index contributed by atoms with van der Waals surface area (Å²) in [7, 11) is 0. The lowest BCUT2D eigenvalue weighted by atomic mass is 9.68. The Balaban J connectivity index is 1.55. The first kappa shape index (κ1) is 32.9. The van der Waals surface area contributed by atoms with Gasteiger partial charge in [0.1, 0.15) is 24.4 Å². The summed E-state index contributed by atoms with van der Waals surface area (Å²) in [6.45, 7) is 4.51. The summed E-state index contributed by atoms with van der Waals surface area (Å²) in [5.74, 6) is -1.82. The molecule has 0 aromatic rings. The number of rotatable bonds is 10. The highest BCUT2D eigenvalue weighted by Crippen LogP contribution is 2.41. The summed E-state index contributed by atoms with van der Waals surface area (Å²) in [4.78, 5) is 12.9. The average Bonchev–Trinajstić information content (AvgIpc) is 3.52. The van der Waals surface area contributed by atoms with Gasteiger partial charge in [0.15, 0.2) is 11.9 Å². The second kappa shape index (κ2) is 12.9. The number of nitrogens with two attached hydrogens (primary N) is 3. The van der Waals surface area contributed by atoms with Crippen LogP contribution in [0.15, 0.2) is 0 Å². The molecule has 2 saturated heterocycles. The number of carbonyl (C=O) groups is 1. The average molecular weight is 592 g/mol. The Morgan fingerprint density at radius 2 is 1.78 bits per heavy atom. The third-order valence-corrected chi connectivity index (χ3v) is 9.08. The minimum Gasteiger partial charge on any atom is -0.388 e. The predicted octanol–water partition coefficient (Wildman–Crippen LogP) is -5.05. The van der Waals surface area contributed by atoms with Gasteiger partial charge in [-0.2, -0.15) is 0 Å². The molecule has 238 valence electrons. The zero-order chi connectivity index (χ0) is 30.3. The van der Waals surface area contributed by atoms with Crippen molar-refractivity contribution in [2.45, 2.75) is 118 Å². The van der Waals surface area contributed by atoms with Crippen LogP contribution in [0.1, 0.15) is 39.5 Å². The molecule has 4 aliphatic rings. The third kappa shape index (κ3) is 7.03. The Bertz CT molecular complexity index is 903. The number of aliphatic hydroxyl groups excluding tert-OH is 4. The minimum absolute atomic E-state index is 0.000702. The van der Waals surface area contributed by atoms with E-state index in [0.29, 0.717) is 19.5 Å². The molecule has 0 aromatic heterocycles. The molecule has 0 aromatic carbocycles. The number of nitrogens with one attached hydrogen (secondary N) is 2. The van der Waals surface area contributed by atoms with Crippen LogP contribution in [-0.2, 0) is 19.0 Å². The van der Waals surface area contributed by atoms with Gasteiger partial charge in [-0.25, -0.2) is 0 Å². The second-order valence-corrected chi connectivity index (χ2v) is 12.7. The molecular formula is C26H49N5O10. The van der Waals surface area contributed by atoms with Gasteiger partial charge in [-0.15, -0.1) is 0 Å². The molecule has 0 radical (unpaired) electrons. The summed E-state index contributed by atoms with van der Waals surface area (Å²) in [6, 6.07) is -2.09. The third-order valence-electron chi connectivity index (χ3n) is 9.08. The van der Waals surface area contributed by atoms with Crippen LogP contribution in [0.2, 0.25) is 0 Å². The van der Waals surface area contributed by atoms with E-state index in [1.165, 1.54) is 6.92 Å². The lowest BCUT2D eigenvalue weighted by Gasteiger charge is -2.52. The molecule has 2 heterocycles. The summed E-state index contributed by atoms with van der Waals surface area (Å²) in [6.07, 6.45) is -8.33. The first-order valence-electron chi connectivity index (χ1n) is 14.5. The van der Waals surface area contributed by atoms with Crippen LogP contribution < -0.4 is 27.8 Å². The van der Waals surface area contributed by atoms with Crippen molar-refractivity contribution in [3.8, 4) is 0 Å². The van der Waals surface area contributed by atoms with E-state index in [4.69, 9.17) is 31.4 Å². The molecule has 2 saturated carbocycles. The van der Waals surface area contributed by atoms with Gasteiger partial charge in [0.25, 0.3) is 5.91 Å². The molecule has 2 aliphatic heterocycles. The van der Waals surface area contributed by atoms with Crippen LogP contribution >= 0.6 is 0 Å². The summed E-state index contributed by atoms with van der Waals surface area (Å²) < 4.78 is 18.1. The molecule has 15 nitrogen and oxygen atoms in total. The van der Waals surface area contributed by atoms with E-state index in [1.54, 1.807) is 6.92 Å². The van der Waals surface area contributed by atoms with Crippen LogP contribution in [0.25, 0.3) is 0 Å². The van der Waals surface area contributed by atoms with E-state index in [1.807, 2.05) is 0 Å². The summed E-state index contributed by atoms with van der Waals surface area (Å²) >= 11 is 0. The fourth-order valence-electron chi connectivity index (χ4n) is 6.49. The van der Waals surface area contributed by atoms with Crippen LogP contribution in [0, 0.1) is 11.8 Å². The molecule has 1 amide bonds. The molecule has 15 unspecified atom stereocenters. The van der Waals surface area contributed by atoms with Gasteiger partial charge >= 0.3 is 0 Å². The van der Waals surface area contributed by atoms with Crippen molar-refractivity contribution in [2.75, 3.05) is 26.2 Å². The van der Waals surface area contributed by atoms with Crippen LogP contribution in [-0.4, -0.2) is 141 Å². The van der Waals surface area contributed by atoms with E-state index in [9.17, 15) is 35.4 Å². The summed E-state index contributed by atoms with van der Waals surface area (Å²) in [5, 5.41) is 69.7. The van der Waals surface area contributed by atoms with Crippen molar-refractivity contribution in [1.29, 1.82) is 0 Å². The molecule has 0 spiro atoms. The number of amides is 1. The molecule has 15 atom stereocenters. The lowest BCUT2D eigenvalue weighted by Crippen LogP contribution is -2.68. The highest BCUT2D eigenvalue weighted by molar-refractivity contribution is 5.89. The highest BCUT2D eigenvalue weighted by atomic mass is 16.7. The van der Waals surface area contributed by atoms with Gasteiger partial charge in [-0.1, -0.05) is 6.92 Å². The maximum atomic E-state index is 12.9. The Hall–Kier alpha value is -1.05. The maximum Gasteiger partial charge on any atom is 0.253 e. The zero-order valence-corrected chi connectivity index (χ0v) is 23.7. The van der Waals surface area contributed by atoms with Crippen molar-refractivity contribution >= 4 is 5.91 Å². The molecule has 41 heavy (non-hydrogen) atoms. The predicted molar refractivity (Wildman–Crippen MR) is 144 cm³/mol. The van der Waals surface area contributed by atoms with E-state index >= 15 is 0 Å². The second-order valence-electron chi connectivity index (χ2n) is 12.7. The fourth-order valence-corrected chi connectivity index (χ4v) is 6.49. The number of ether oxygens (including phenoxy) is 3. The first-order valence-corrected chi connectivity index (χ1v) is 14.5. The van der Waals surface area contributed by atoms with Gasteiger partial charge in [-0.05, 0) is 38.8 Å². The number of aliphatic hydroxyl groups is 6. The van der Waals surface area contributed by atoms with Gasteiger partial charge in [0, 0.05) is 37.4 Å². The van der Waals surface area contributed by atoms with Crippen molar-refractivity contribution in [1.82, 2.24) is 10.6 Å². The Morgan fingerprint density at radius 3 is 2.39 bits per heavy atom. The molecule has 4 rings (SSSR count). The number of hydrogen-bond donors (Lipinski definition) is 11. The Labute approximate surface area is 239 Å². The molecule has 14 N–H and O–H groups in total. The molecule has 0 bridgehead atoms. The standard InChI is InChI=1S/C26H49N5O10/c1-11-17(22-20(35)19(34)18(33)15(40-22)9-30-5-3-4-27)12(28)6-13(31-24(36)26(38)8-16(26)29)21(11)41-23-14(32)7-25(2,37)10-39-23/h11-23,30,32-35,37-38H,3-10,27-29H2,1-2H3,(H,31,36). The van der Waals surface area contributed by atoms with E-state index in [-0.39, 0.29) is 32.4 Å². The van der Waals surface area contributed by atoms with E-state index < -0.39 is 96.1 Å².